The molecule has 0 bridgehead atoms. The first-order valence-corrected chi connectivity index (χ1v) is 10.6. The summed E-state index contributed by atoms with van der Waals surface area (Å²) in [5.74, 6) is 0.802. The third-order valence-electron chi connectivity index (χ3n) is 6.23. The Bertz CT molecular complexity index is 1120. The molecule has 0 spiro atoms. The van der Waals surface area contributed by atoms with Crippen LogP contribution in [0, 0.1) is 25.2 Å². The van der Waals surface area contributed by atoms with Crippen molar-refractivity contribution >= 4 is 6.08 Å². The highest BCUT2D eigenvalue weighted by molar-refractivity contribution is 5.63. The molecule has 0 fully saturated rings. The number of hydrogen-bond donors (Lipinski definition) is 1. The van der Waals surface area contributed by atoms with E-state index in [-0.39, 0.29) is 11.8 Å². The van der Waals surface area contributed by atoms with E-state index in [2.05, 4.69) is 50.0 Å². The number of nitrogens with two attached hydrogens (primary N) is 1. The molecule has 1 atom stereocenters. The van der Waals surface area contributed by atoms with Crippen LogP contribution < -0.4 is 5.73 Å². The molecule has 1 aliphatic carbocycles. The van der Waals surface area contributed by atoms with Crippen LogP contribution in [-0.2, 0) is 17.8 Å². The molecular weight excluding hydrogens is 376 g/mol. The standard InChI is InChI=1S/C23H28N6O/c1-5-28-14(3)17(12-26-28)10-16-8-7-9-18-21(19(11-24)23(25)30-22(16)18)20-13-27-29(6-2)15(20)4/h10,12-13,21H,5-9,25H2,1-4H3. The number of nitriles is 1. The van der Waals surface area contributed by atoms with E-state index in [1.807, 2.05) is 21.8 Å². The lowest BCUT2D eigenvalue weighted by atomic mass is 9.77. The van der Waals surface area contributed by atoms with E-state index in [1.54, 1.807) is 0 Å². The fourth-order valence-electron chi connectivity index (χ4n) is 4.56. The maximum atomic E-state index is 9.86. The molecule has 2 N–H and O–H groups in total. The lowest BCUT2D eigenvalue weighted by Gasteiger charge is -2.33. The number of rotatable bonds is 4. The van der Waals surface area contributed by atoms with E-state index in [0.29, 0.717) is 5.57 Å². The summed E-state index contributed by atoms with van der Waals surface area (Å²) in [6.45, 7) is 9.90. The maximum Gasteiger partial charge on any atom is 0.205 e. The molecule has 2 aromatic rings. The van der Waals surface area contributed by atoms with Gasteiger partial charge in [-0.3, -0.25) is 9.36 Å². The molecule has 3 heterocycles. The quantitative estimate of drug-likeness (QED) is 0.829. The van der Waals surface area contributed by atoms with E-state index in [4.69, 9.17) is 10.5 Å². The lowest BCUT2D eigenvalue weighted by molar-refractivity contribution is 0.277. The summed E-state index contributed by atoms with van der Waals surface area (Å²) in [6.07, 6.45) is 8.72. The second-order valence-corrected chi connectivity index (χ2v) is 7.80. The summed E-state index contributed by atoms with van der Waals surface area (Å²) >= 11 is 0. The summed E-state index contributed by atoms with van der Waals surface area (Å²) < 4.78 is 10.0. The van der Waals surface area contributed by atoms with Crippen LogP contribution >= 0.6 is 0 Å². The SMILES string of the molecule is CCn1ncc(C=C2CCCC3=C2OC(N)=C(C#N)C3c2cnn(CC)c2C)c1C. The highest BCUT2D eigenvalue weighted by atomic mass is 16.5. The van der Waals surface area contributed by atoms with Crippen LogP contribution in [0.5, 0.6) is 0 Å². The van der Waals surface area contributed by atoms with Crippen LogP contribution in [0.25, 0.3) is 6.08 Å². The number of aryl methyl sites for hydroxylation is 2. The van der Waals surface area contributed by atoms with Crippen LogP contribution in [0.3, 0.4) is 0 Å². The molecule has 0 saturated heterocycles. The van der Waals surface area contributed by atoms with Gasteiger partial charge in [-0.15, -0.1) is 0 Å². The van der Waals surface area contributed by atoms with Crippen molar-refractivity contribution in [1.82, 2.24) is 19.6 Å². The zero-order valence-electron chi connectivity index (χ0n) is 18.1. The Morgan fingerprint density at radius 3 is 2.50 bits per heavy atom. The summed E-state index contributed by atoms with van der Waals surface area (Å²) in [6, 6.07) is 2.30. The van der Waals surface area contributed by atoms with Gasteiger partial charge in [0, 0.05) is 35.6 Å². The van der Waals surface area contributed by atoms with Gasteiger partial charge >= 0.3 is 0 Å². The molecule has 2 aliphatic rings. The number of nitrogens with zero attached hydrogens (tertiary/aromatic N) is 5. The van der Waals surface area contributed by atoms with Crippen LogP contribution in [0.1, 0.15) is 61.5 Å². The monoisotopic (exact) mass is 404 g/mol. The Hall–Kier alpha value is -3.27. The average molecular weight is 405 g/mol. The molecule has 30 heavy (non-hydrogen) atoms. The third kappa shape index (κ3) is 3.13. The van der Waals surface area contributed by atoms with E-state index < -0.39 is 0 Å². The highest BCUT2D eigenvalue weighted by Crippen LogP contribution is 2.47. The average Bonchev–Trinajstić information content (AvgIpc) is 3.29. The molecule has 7 heteroatoms. The van der Waals surface area contributed by atoms with Crippen molar-refractivity contribution in [3.63, 3.8) is 0 Å². The van der Waals surface area contributed by atoms with Crippen molar-refractivity contribution in [3.8, 4) is 6.07 Å². The zero-order chi connectivity index (χ0) is 21.4. The first-order valence-electron chi connectivity index (χ1n) is 10.6. The van der Waals surface area contributed by atoms with Crippen molar-refractivity contribution in [2.45, 2.75) is 66.0 Å². The molecule has 1 unspecified atom stereocenters. The molecule has 0 amide bonds. The van der Waals surface area contributed by atoms with Gasteiger partial charge in [0.25, 0.3) is 0 Å². The normalized spacial score (nSPS) is 20.4. The number of aromatic nitrogens is 4. The topological polar surface area (TPSA) is 94.7 Å². The Morgan fingerprint density at radius 2 is 1.87 bits per heavy atom. The molecule has 0 radical (unpaired) electrons. The summed E-state index contributed by atoms with van der Waals surface area (Å²) in [5, 5.41) is 18.8. The van der Waals surface area contributed by atoms with E-state index >= 15 is 0 Å². The zero-order valence-corrected chi connectivity index (χ0v) is 18.1. The smallest absolute Gasteiger partial charge is 0.205 e. The van der Waals surface area contributed by atoms with Crippen molar-refractivity contribution in [1.29, 1.82) is 5.26 Å². The third-order valence-corrected chi connectivity index (χ3v) is 6.23. The minimum absolute atomic E-state index is 0.193. The second-order valence-electron chi connectivity index (χ2n) is 7.80. The fraction of sp³-hybridized carbons (Fsp3) is 0.435. The van der Waals surface area contributed by atoms with Crippen molar-refractivity contribution < 1.29 is 4.74 Å². The highest BCUT2D eigenvalue weighted by Gasteiger charge is 2.37. The van der Waals surface area contributed by atoms with Crippen molar-refractivity contribution in [2.75, 3.05) is 0 Å². The van der Waals surface area contributed by atoms with Crippen LogP contribution in [0.15, 0.2) is 40.8 Å². The minimum Gasteiger partial charge on any atom is -0.440 e. The lowest BCUT2D eigenvalue weighted by Crippen LogP contribution is -2.24. The summed E-state index contributed by atoms with van der Waals surface area (Å²) in [7, 11) is 0. The summed E-state index contributed by atoms with van der Waals surface area (Å²) in [4.78, 5) is 0. The number of ether oxygens (including phenoxy) is 1. The predicted molar refractivity (Wildman–Crippen MR) is 115 cm³/mol. The van der Waals surface area contributed by atoms with Crippen LogP contribution in [-0.4, -0.2) is 19.6 Å². The van der Waals surface area contributed by atoms with E-state index in [1.165, 1.54) is 0 Å². The van der Waals surface area contributed by atoms with Gasteiger partial charge in [-0.2, -0.15) is 15.5 Å². The van der Waals surface area contributed by atoms with Crippen molar-refractivity contribution in [3.05, 3.63) is 63.3 Å². The molecule has 156 valence electrons. The van der Waals surface area contributed by atoms with E-state index in [9.17, 15) is 5.26 Å². The molecule has 2 aromatic heterocycles. The molecule has 0 aromatic carbocycles. The van der Waals surface area contributed by atoms with E-state index in [0.717, 1.165) is 71.8 Å². The van der Waals surface area contributed by atoms with Gasteiger partial charge < -0.3 is 10.5 Å². The van der Waals surface area contributed by atoms with Gasteiger partial charge in [0.15, 0.2) is 0 Å². The van der Waals surface area contributed by atoms with Gasteiger partial charge in [-0.1, -0.05) is 0 Å². The Morgan fingerprint density at radius 1 is 1.17 bits per heavy atom. The Balaban J connectivity index is 1.85. The largest absolute Gasteiger partial charge is 0.440 e. The fourth-order valence-corrected chi connectivity index (χ4v) is 4.56. The molecule has 0 saturated carbocycles. The van der Waals surface area contributed by atoms with Gasteiger partial charge in [0.1, 0.15) is 17.4 Å². The Kier molecular flexibility index (Phi) is 5.25. The minimum atomic E-state index is -0.206. The first-order chi connectivity index (χ1) is 14.5. The van der Waals surface area contributed by atoms with Crippen LogP contribution in [0.2, 0.25) is 0 Å². The Labute approximate surface area is 177 Å². The number of allylic oxidation sites excluding steroid dienone is 3. The van der Waals surface area contributed by atoms with Gasteiger partial charge in [0.2, 0.25) is 5.88 Å². The molecule has 4 rings (SSSR count). The van der Waals surface area contributed by atoms with Gasteiger partial charge in [0.05, 0.1) is 18.3 Å². The maximum absolute atomic E-state index is 9.86. The predicted octanol–water partition coefficient (Wildman–Crippen LogP) is 4.07. The summed E-state index contributed by atoms with van der Waals surface area (Å²) in [5.41, 5.74) is 13.3. The van der Waals surface area contributed by atoms with Crippen LogP contribution in [0.4, 0.5) is 0 Å². The molecule has 1 aliphatic heterocycles. The van der Waals surface area contributed by atoms with Gasteiger partial charge in [-0.05, 0) is 64.2 Å². The molecule has 7 nitrogen and oxygen atoms in total. The molecular formula is C23H28N6O. The first kappa shape index (κ1) is 20.0. The number of hydrogen-bond acceptors (Lipinski definition) is 5. The second kappa shape index (κ2) is 7.86. The van der Waals surface area contributed by atoms with Gasteiger partial charge in [-0.25, -0.2) is 0 Å². The van der Waals surface area contributed by atoms with Crippen molar-refractivity contribution in [2.24, 2.45) is 5.73 Å².